The lowest BCUT2D eigenvalue weighted by Gasteiger charge is -2.37. The molecule has 120 valence electrons. The third-order valence-electron chi connectivity index (χ3n) is 3.45. The van der Waals surface area contributed by atoms with Gasteiger partial charge in [-0.3, -0.25) is 9.88 Å². The SMILES string of the molecule is CC(C)(C)OC(=O)N1CCN(c2cnccn2)c2ccccc21. The van der Waals surface area contributed by atoms with Crippen LogP contribution in [0.5, 0.6) is 0 Å². The summed E-state index contributed by atoms with van der Waals surface area (Å²) in [6.07, 6.45) is 4.70. The molecular weight excluding hydrogens is 292 g/mol. The molecule has 2 aromatic rings. The first kappa shape index (κ1) is 15.3. The Morgan fingerprint density at radius 1 is 1.13 bits per heavy atom. The van der Waals surface area contributed by atoms with Gasteiger partial charge in [-0.25, -0.2) is 9.78 Å². The van der Waals surface area contributed by atoms with Crippen LogP contribution in [-0.2, 0) is 4.74 Å². The van der Waals surface area contributed by atoms with E-state index >= 15 is 0 Å². The zero-order chi connectivity index (χ0) is 16.4. The van der Waals surface area contributed by atoms with E-state index in [9.17, 15) is 4.79 Å². The number of ether oxygens (including phenoxy) is 1. The fourth-order valence-electron chi connectivity index (χ4n) is 2.54. The van der Waals surface area contributed by atoms with Gasteiger partial charge < -0.3 is 9.64 Å². The van der Waals surface area contributed by atoms with E-state index in [1.807, 2.05) is 45.0 Å². The maximum Gasteiger partial charge on any atom is 0.414 e. The Balaban J connectivity index is 1.94. The van der Waals surface area contributed by atoms with Crippen molar-refractivity contribution in [2.75, 3.05) is 22.9 Å². The van der Waals surface area contributed by atoms with Gasteiger partial charge in [0.1, 0.15) is 5.60 Å². The highest BCUT2D eigenvalue weighted by molar-refractivity contribution is 5.94. The summed E-state index contributed by atoms with van der Waals surface area (Å²) < 4.78 is 5.52. The summed E-state index contributed by atoms with van der Waals surface area (Å²) in [5.41, 5.74) is 1.22. The molecule has 1 aromatic heterocycles. The average Bonchev–Trinajstić information content (AvgIpc) is 2.53. The highest BCUT2D eigenvalue weighted by Gasteiger charge is 2.30. The summed E-state index contributed by atoms with van der Waals surface area (Å²) >= 11 is 0. The predicted molar refractivity (Wildman–Crippen MR) is 89.1 cm³/mol. The van der Waals surface area contributed by atoms with Gasteiger partial charge in [0.2, 0.25) is 0 Å². The molecule has 0 saturated heterocycles. The van der Waals surface area contributed by atoms with Gasteiger partial charge in [-0.2, -0.15) is 0 Å². The number of carbonyl (C=O) groups excluding carboxylic acids is 1. The van der Waals surface area contributed by atoms with Gasteiger partial charge in [0, 0.05) is 25.5 Å². The average molecular weight is 312 g/mol. The van der Waals surface area contributed by atoms with Crippen LogP contribution in [0.15, 0.2) is 42.9 Å². The molecule has 23 heavy (non-hydrogen) atoms. The number of hydrogen-bond acceptors (Lipinski definition) is 5. The summed E-state index contributed by atoms with van der Waals surface area (Å²) in [6, 6.07) is 7.75. The van der Waals surface area contributed by atoms with Crippen LogP contribution in [0.1, 0.15) is 20.8 Å². The third kappa shape index (κ3) is 3.26. The summed E-state index contributed by atoms with van der Waals surface area (Å²) in [4.78, 5) is 24.7. The van der Waals surface area contributed by atoms with E-state index in [-0.39, 0.29) is 6.09 Å². The van der Waals surface area contributed by atoms with Crippen LogP contribution in [-0.4, -0.2) is 34.8 Å². The summed E-state index contributed by atoms with van der Waals surface area (Å²) in [5, 5.41) is 0. The minimum absolute atomic E-state index is 0.330. The van der Waals surface area contributed by atoms with Crippen molar-refractivity contribution in [2.45, 2.75) is 26.4 Å². The topological polar surface area (TPSA) is 58.6 Å². The fraction of sp³-hybridized carbons (Fsp3) is 0.353. The normalized spacial score (nSPS) is 14.4. The van der Waals surface area contributed by atoms with Gasteiger partial charge in [-0.15, -0.1) is 0 Å². The van der Waals surface area contributed by atoms with Crippen molar-refractivity contribution in [3.63, 3.8) is 0 Å². The summed E-state index contributed by atoms with van der Waals surface area (Å²) in [6.45, 7) is 6.77. The largest absolute Gasteiger partial charge is 0.443 e. The second-order valence-electron chi connectivity index (χ2n) is 6.34. The second-order valence-corrected chi connectivity index (χ2v) is 6.34. The Kier molecular flexibility index (Phi) is 3.90. The van der Waals surface area contributed by atoms with E-state index < -0.39 is 5.60 Å². The van der Waals surface area contributed by atoms with Crippen molar-refractivity contribution < 1.29 is 9.53 Å². The molecule has 0 spiro atoms. The van der Waals surface area contributed by atoms with Crippen LogP contribution in [0.4, 0.5) is 22.0 Å². The third-order valence-corrected chi connectivity index (χ3v) is 3.45. The first-order chi connectivity index (χ1) is 11.0. The number of fused-ring (bicyclic) bond motifs is 1. The van der Waals surface area contributed by atoms with E-state index in [0.29, 0.717) is 13.1 Å². The Bertz CT molecular complexity index is 697. The minimum atomic E-state index is -0.520. The second kappa shape index (κ2) is 5.87. The number of amides is 1. The quantitative estimate of drug-likeness (QED) is 0.808. The lowest BCUT2D eigenvalue weighted by molar-refractivity contribution is 0.0580. The molecule has 2 heterocycles. The van der Waals surface area contributed by atoms with Gasteiger partial charge in [-0.1, -0.05) is 12.1 Å². The van der Waals surface area contributed by atoms with Crippen LogP contribution in [0.3, 0.4) is 0 Å². The molecular formula is C17H20N4O2. The zero-order valence-corrected chi connectivity index (χ0v) is 13.6. The number of nitrogens with zero attached hydrogens (tertiary/aromatic N) is 4. The van der Waals surface area contributed by atoms with Crippen molar-refractivity contribution in [1.82, 2.24) is 9.97 Å². The molecule has 6 heteroatoms. The van der Waals surface area contributed by atoms with Crippen molar-refractivity contribution in [2.24, 2.45) is 0 Å². The molecule has 0 bridgehead atoms. The smallest absolute Gasteiger partial charge is 0.414 e. The van der Waals surface area contributed by atoms with Gasteiger partial charge in [-0.05, 0) is 32.9 Å². The molecule has 3 rings (SSSR count). The molecule has 0 fully saturated rings. The van der Waals surface area contributed by atoms with Gasteiger partial charge in [0.15, 0.2) is 5.82 Å². The Hall–Kier alpha value is -2.63. The van der Waals surface area contributed by atoms with Gasteiger partial charge in [0.25, 0.3) is 0 Å². The van der Waals surface area contributed by atoms with Crippen molar-refractivity contribution in [3.05, 3.63) is 42.9 Å². The molecule has 0 aliphatic carbocycles. The van der Waals surface area contributed by atoms with Crippen LogP contribution in [0.25, 0.3) is 0 Å². The summed E-state index contributed by atoms with van der Waals surface area (Å²) in [5.74, 6) is 0.767. The zero-order valence-electron chi connectivity index (χ0n) is 13.6. The lowest BCUT2D eigenvalue weighted by Crippen LogP contribution is -2.44. The number of benzene rings is 1. The van der Waals surface area contributed by atoms with E-state index in [0.717, 1.165) is 17.2 Å². The molecule has 1 aromatic carbocycles. The Morgan fingerprint density at radius 3 is 2.52 bits per heavy atom. The van der Waals surface area contributed by atoms with E-state index in [1.54, 1.807) is 23.5 Å². The lowest BCUT2D eigenvalue weighted by atomic mass is 10.1. The molecule has 0 saturated carbocycles. The number of aromatic nitrogens is 2. The molecule has 0 unspecified atom stereocenters. The maximum atomic E-state index is 12.5. The first-order valence-electron chi connectivity index (χ1n) is 7.59. The standard InChI is InChI=1S/C17H20N4O2/c1-17(2,3)23-16(22)21-11-10-20(15-12-18-8-9-19-15)13-6-4-5-7-14(13)21/h4-9,12H,10-11H2,1-3H3. The molecule has 1 aliphatic rings. The number of rotatable bonds is 1. The van der Waals surface area contributed by atoms with Crippen molar-refractivity contribution >= 4 is 23.3 Å². The first-order valence-corrected chi connectivity index (χ1v) is 7.59. The molecule has 0 N–H and O–H groups in total. The maximum absolute atomic E-state index is 12.5. The van der Waals surface area contributed by atoms with Crippen molar-refractivity contribution in [3.8, 4) is 0 Å². The predicted octanol–water partition coefficient (Wildman–Crippen LogP) is 3.37. The number of para-hydroxylation sites is 2. The molecule has 1 amide bonds. The highest BCUT2D eigenvalue weighted by atomic mass is 16.6. The minimum Gasteiger partial charge on any atom is -0.443 e. The summed E-state index contributed by atoms with van der Waals surface area (Å²) in [7, 11) is 0. The highest BCUT2D eigenvalue weighted by Crippen LogP contribution is 2.37. The number of hydrogen-bond donors (Lipinski definition) is 0. The van der Waals surface area contributed by atoms with Gasteiger partial charge in [0.05, 0.1) is 17.6 Å². The van der Waals surface area contributed by atoms with E-state index in [2.05, 4.69) is 14.9 Å². The fourth-order valence-corrected chi connectivity index (χ4v) is 2.54. The number of anilines is 3. The van der Waals surface area contributed by atoms with E-state index in [4.69, 9.17) is 4.74 Å². The van der Waals surface area contributed by atoms with E-state index in [1.165, 1.54) is 0 Å². The van der Waals surface area contributed by atoms with Crippen LogP contribution in [0.2, 0.25) is 0 Å². The van der Waals surface area contributed by atoms with Crippen molar-refractivity contribution in [1.29, 1.82) is 0 Å². The van der Waals surface area contributed by atoms with Crippen LogP contribution in [0, 0.1) is 0 Å². The Labute approximate surface area is 135 Å². The molecule has 0 atom stereocenters. The molecule has 6 nitrogen and oxygen atoms in total. The molecule has 0 radical (unpaired) electrons. The van der Waals surface area contributed by atoms with Gasteiger partial charge >= 0.3 is 6.09 Å². The molecule has 1 aliphatic heterocycles. The Morgan fingerprint density at radius 2 is 1.87 bits per heavy atom. The monoisotopic (exact) mass is 312 g/mol. The van der Waals surface area contributed by atoms with Crippen LogP contribution >= 0.6 is 0 Å². The number of carbonyl (C=O) groups is 1. The van der Waals surface area contributed by atoms with Crippen LogP contribution < -0.4 is 9.80 Å².